The predicted octanol–water partition coefficient (Wildman–Crippen LogP) is 1.98. The molecule has 3 aromatic heterocycles. The largest absolute Gasteiger partial charge is 0.378 e. The highest BCUT2D eigenvalue weighted by Gasteiger charge is 2.25. The second kappa shape index (κ2) is 6.01. The van der Waals surface area contributed by atoms with Crippen molar-refractivity contribution in [3.8, 4) is 5.75 Å². The van der Waals surface area contributed by atoms with Gasteiger partial charge >= 0.3 is 15.8 Å². The third-order valence-corrected chi connectivity index (χ3v) is 7.11. The molecule has 4 rings (SSSR count). The molecule has 0 atom stereocenters. The number of thiazole rings is 1. The minimum absolute atomic E-state index is 0.123. The van der Waals surface area contributed by atoms with Crippen molar-refractivity contribution >= 4 is 53.1 Å². The maximum Gasteiger partial charge on any atom is 0.346 e. The second-order valence-electron chi connectivity index (χ2n) is 5.91. The molecular formula is C16H13N3O5S3. The summed E-state index contributed by atoms with van der Waals surface area (Å²) in [7, 11) is -1.86. The van der Waals surface area contributed by atoms with E-state index in [0.29, 0.717) is 5.39 Å². The summed E-state index contributed by atoms with van der Waals surface area (Å²) in [6.45, 7) is 1.87. The quantitative estimate of drug-likeness (QED) is 0.467. The van der Waals surface area contributed by atoms with Crippen LogP contribution >= 0.6 is 22.7 Å². The number of hydrogen-bond donors (Lipinski definition) is 0. The summed E-state index contributed by atoms with van der Waals surface area (Å²) < 4.78 is 34.3. The third kappa shape index (κ3) is 2.78. The number of hydrogen-bond acceptors (Lipinski definition) is 8. The van der Waals surface area contributed by atoms with Crippen LogP contribution in [0.3, 0.4) is 0 Å². The highest BCUT2D eigenvalue weighted by molar-refractivity contribution is 7.87. The normalized spacial score (nSPS) is 12.1. The van der Waals surface area contributed by atoms with Crippen molar-refractivity contribution in [3.05, 3.63) is 49.6 Å². The summed E-state index contributed by atoms with van der Waals surface area (Å²) in [5.41, 5.74) is -0.764. The van der Waals surface area contributed by atoms with Crippen molar-refractivity contribution in [2.24, 2.45) is 14.1 Å². The molecule has 0 aliphatic heterocycles. The van der Waals surface area contributed by atoms with Crippen LogP contribution in [0.2, 0.25) is 0 Å². The Morgan fingerprint density at radius 3 is 2.70 bits per heavy atom. The average molecular weight is 423 g/mol. The van der Waals surface area contributed by atoms with Crippen molar-refractivity contribution in [1.82, 2.24) is 14.1 Å². The summed E-state index contributed by atoms with van der Waals surface area (Å²) in [5.74, 6) is 0.123. The van der Waals surface area contributed by atoms with Crippen LogP contribution in [0.5, 0.6) is 5.75 Å². The van der Waals surface area contributed by atoms with Crippen molar-refractivity contribution in [1.29, 1.82) is 0 Å². The van der Waals surface area contributed by atoms with Gasteiger partial charge in [0.2, 0.25) is 0 Å². The zero-order valence-electron chi connectivity index (χ0n) is 14.4. The number of rotatable bonds is 3. The average Bonchev–Trinajstić information content (AvgIpc) is 3.21. The minimum atomic E-state index is -4.44. The first-order valence-electron chi connectivity index (χ1n) is 7.67. The Labute approximate surface area is 161 Å². The Hall–Kier alpha value is -2.50. The van der Waals surface area contributed by atoms with E-state index in [1.165, 1.54) is 36.8 Å². The van der Waals surface area contributed by atoms with Gasteiger partial charge in [-0.3, -0.25) is 9.36 Å². The van der Waals surface area contributed by atoms with Gasteiger partial charge in [-0.2, -0.15) is 8.42 Å². The van der Waals surface area contributed by atoms with E-state index >= 15 is 0 Å². The summed E-state index contributed by atoms with van der Waals surface area (Å²) in [6, 6.07) is 3.36. The Kier molecular flexibility index (Phi) is 3.98. The summed E-state index contributed by atoms with van der Waals surface area (Å²) in [5, 5.41) is 3.28. The maximum atomic E-state index is 12.8. The van der Waals surface area contributed by atoms with Gasteiger partial charge in [-0.05, 0) is 18.4 Å². The number of benzene rings is 1. The molecule has 0 radical (unpaired) electrons. The van der Waals surface area contributed by atoms with Crippen molar-refractivity contribution in [3.63, 3.8) is 0 Å². The zero-order valence-corrected chi connectivity index (χ0v) is 16.9. The van der Waals surface area contributed by atoms with Gasteiger partial charge in [0.05, 0.1) is 19.9 Å². The molecule has 8 nitrogen and oxygen atoms in total. The lowest BCUT2D eigenvalue weighted by molar-refractivity contribution is 0.483. The Morgan fingerprint density at radius 1 is 1.22 bits per heavy atom. The Morgan fingerprint density at radius 2 is 1.96 bits per heavy atom. The number of thiophene rings is 1. The Balaban J connectivity index is 1.92. The van der Waals surface area contributed by atoms with Crippen molar-refractivity contribution in [2.75, 3.05) is 0 Å². The molecule has 0 unspecified atom stereocenters. The first-order chi connectivity index (χ1) is 12.7. The van der Waals surface area contributed by atoms with E-state index in [-0.39, 0.29) is 5.75 Å². The molecular weight excluding hydrogens is 410 g/mol. The van der Waals surface area contributed by atoms with Gasteiger partial charge in [-0.1, -0.05) is 0 Å². The van der Waals surface area contributed by atoms with Crippen LogP contribution in [0.1, 0.15) is 5.01 Å². The maximum absolute atomic E-state index is 12.8. The molecule has 0 amide bonds. The van der Waals surface area contributed by atoms with Gasteiger partial charge in [-0.25, -0.2) is 9.78 Å². The fourth-order valence-corrected chi connectivity index (χ4v) is 5.70. The van der Waals surface area contributed by atoms with Gasteiger partial charge in [0.25, 0.3) is 5.56 Å². The third-order valence-electron chi connectivity index (χ3n) is 4.05. The summed E-state index contributed by atoms with van der Waals surface area (Å²) in [4.78, 5) is 28.0. The van der Waals surface area contributed by atoms with E-state index in [9.17, 15) is 18.0 Å². The van der Waals surface area contributed by atoms with Gasteiger partial charge < -0.3 is 8.75 Å². The molecule has 0 fully saturated rings. The molecule has 4 aromatic rings. The molecule has 140 valence electrons. The fourth-order valence-electron chi connectivity index (χ4n) is 2.77. The van der Waals surface area contributed by atoms with E-state index in [0.717, 1.165) is 35.3 Å². The lowest BCUT2D eigenvalue weighted by Gasteiger charge is -2.10. The van der Waals surface area contributed by atoms with E-state index in [1.807, 2.05) is 12.3 Å². The van der Waals surface area contributed by atoms with E-state index in [4.69, 9.17) is 4.18 Å². The van der Waals surface area contributed by atoms with Crippen LogP contribution in [-0.2, 0) is 24.2 Å². The molecule has 0 saturated carbocycles. The number of aryl methyl sites for hydroxylation is 2. The smallest absolute Gasteiger partial charge is 0.346 e. The summed E-state index contributed by atoms with van der Waals surface area (Å²) >= 11 is 2.86. The van der Waals surface area contributed by atoms with Gasteiger partial charge in [0, 0.05) is 31.7 Å². The van der Waals surface area contributed by atoms with E-state index in [1.54, 1.807) is 12.1 Å². The molecule has 3 heterocycles. The second-order valence-corrected chi connectivity index (χ2v) is 9.57. The van der Waals surface area contributed by atoms with Crippen LogP contribution in [-0.4, -0.2) is 22.5 Å². The SMILES string of the molecule is Cc1nc2c(cc(OS(=O)(=O)c3cn(C)c(=O)n(C)c3=O)c3ccsc32)s1. The number of aromatic nitrogens is 3. The van der Waals surface area contributed by atoms with E-state index < -0.39 is 26.3 Å². The monoisotopic (exact) mass is 423 g/mol. The topological polar surface area (TPSA) is 100 Å². The molecule has 0 aliphatic carbocycles. The molecule has 0 aliphatic rings. The lowest BCUT2D eigenvalue weighted by atomic mass is 10.2. The molecule has 1 aromatic carbocycles. The van der Waals surface area contributed by atoms with Gasteiger partial charge in [0.1, 0.15) is 0 Å². The van der Waals surface area contributed by atoms with Crippen LogP contribution in [0.15, 0.2) is 38.2 Å². The Bertz CT molecular complexity index is 1440. The zero-order chi connectivity index (χ0) is 19.5. The van der Waals surface area contributed by atoms with Crippen molar-refractivity contribution < 1.29 is 12.6 Å². The highest BCUT2D eigenvalue weighted by atomic mass is 32.2. The van der Waals surface area contributed by atoms with Gasteiger partial charge in [-0.15, -0.1) is 22.7 Å². The standard InChI is InChI=1S/C16H13N3O5S3/c1-8-17-13-11(26-8)6-10(9-4-5-25-14(9)13)24-27(22,23)12-7-18(2)16(21)19(3)15(12)20/h4-7H,1-3H3. The van der Waals surface area contributed by atoms with Crippen LogP contribution < -0.4 is 15.4 Å². The van der Waals surface area contributed by atoms with Crippen molar-refractivity contribution in [2.45, 2.75) is 11.8 Å². The van der Waals surface area contributed by atoms with Gasteiger partial charge in [0.15, 0.2) is 10.6 Å². The number of nitrogens with zero attached hydrogens (tertiary/aromatic N) is 3. The summed E-state index contributed by atoms with van der Waals surface area (Å²) in [6.07, 6.45) is 0.972. The molecule has 27 heavy (non-hydrogen) atoms. The number of fused-ring (bicyclic) bond motifs is 3. The molecule has 0 N–H and O–H groups in total. The van der Waals surface area contributed by atoms with Crippen LogP contribution in [0.4, 0.5) is 0 Å². The van der Waals surface area contributed by atoms with Crippen LogP contribution in [0, 0.1) is 6.92 Å². The minimum Gasteiger partial charge on any atom is -0.378 e. The first-order valence-corrected chi connectivity index (χ1v) is 10.8. The molecule has 11 heteroatoms. The lowest BCUT2D eigenvalue weighted by Crippen LogP contribution is -2.39. The highest BCUT2D eigenvalue weighted by Crippen LogP contribution is 2.39. The predicted molar refractivity (Wildman–Crippen MR) is 104 cm³/mol. The van der Waals surface area contributed by atoms with Crippen LogP contribution in [0.25, 0.3) is 20.3 Å². The fraction of sp³-hybridized carbons (Fsp3) is 0.188. The molecule has 0 saturated heterocycles. The molecule has 0 bridgehead atoms. The first kappa shape index (κ1) is 17.9. The van der Waals surface area contributed by atoms with E-state index in [2.05, 4.69) is 4.98 Å². The molecule has 0 spiro atoms.